The summed E-state index contributed by atoms with van der Waals surface area (Å²) in [6.45, 7) is 6.30. The molecule has 114 valence electrons. The standard InChI is InChI=1S/C20H18O2Si/c1-23(2,3)15-14-20(22)19-7-5-4-6-17(19)11-8-16-9-12-18(21)13-10-16/h4-7,9-10,12-13,21H,1-3H3. The normalized spacial score (nSPS) is 10.0. The second-order valence-corrected chi connectivity index (χ2v) is 10.9. The van der Waals surface area contributed by atoms with Crippen molar-refractivity contribution in [3.63, 3.8) is 0 Å². The maximum absolute atomic E-state index is 12.3. The van der Waals surface area contributed by atoms with Gasteiger partial charge >= 0.3 is 0 Å². The van der Waals surface area contributed by atoms with Gasteiger partial charge in [0, 0.05) is 16.7 Å². The number of hydrogen-bond acceptors (Lipinski definition) is 2. The lowest BCUT2D eigenvalue weighted by molar-refractivity contribution is 0.105. The van der Waals surface area contributed by atoms with Crippen molar-refractivity contribution < 1.29 is 9.90 Å². The van der Waals surface area contributed by atoms with Crippen molar-refractivity contribution in [2.45, 2.75) is 19.6 Å². The van der Waals surface area contributed by atoms with Crippen LogP contribution in [0.4, 0.5) is 0 Å². The number of phenols is 1. The molecule has 0 saturated carbocycles. The summed E-state index contributed by atoms with van der Waals surface area (Å²) in [6.07, 6.45) is 0. The van der Waals surface area contributed by atoms with E-state index in [-0.39, 0.29) is 11.5 Å². The molecule has 0 amide bonds. The molecule has 0 aliphatic heterocycles. The summed E-state index contributed by atoms with van der Waals surface area (Å²) in [5.74, 6) is 8.79. The first-order chi connectivity index (χ1) is 10.8. The molecule has 0 heterocycles. The minimum Gasteiger partial charge on any atom is -0.508 e. The predicted molar refractivity (Wildman–Crippen MR) is 96.0 cm³/mol. The fourth-order valence-corrected chi connectivity index (χ4v) is 2.27. The van der Waals surface area contributed by atoms with Gasteiger partial charge < -0.3 is 5.11 Å². The van der Waals surface area contributed by atoms with Gasteiger partial charge in [-0.05, 0) is 42.3 Å². The van der Waals surface area contributed by atoms with E-state index < -0.39 is 8.07 Å². The maximum Gasteiger partial charge on any atom is 0.236 e. The van der Waals surface area contributed by atoms with Crippen LogP contribution in [0.15, 0.2) is 48.5 Å². The van der Waals surface area contributed by atoms with Crippen molar-refractivity contribution in [1.82, 2.24) is 0 Å². The molecule has 0 aromatic heterocycles. The quantitative estimate of drug-likeness (QED) is 0.492. The molecule has 0 bridgehead atoms. The lowest BCUT2D eigenvalue weighted by Crippen LogP contribution is -2.17. The largest absolute Gasteiger partial charge is 0.508 e. The fraction of sp³-hybridized carbons (Fsp3) is 0.150. The van der Waals surface area contributed by atoms with Gasteiger partial charge in [-0.2, -0.15) is 0 Å². The van der Waals surface area contributed by atoms with E-state index in [0.29, 0.717) is 11.1 Å². The van der Waals surface area contributed by atoms with Gasteiger partial charge in [-0.25, -0.2) is 0 Å². The Labute approximate surface area is 138 Å². The summed E-state index contributed by atoms with van der Waals surface area (Å²) in [6, 6.07) is 13.9. The molecule has 2 nitrogen and oxygen atoms in total. The van der Waals surface area contributed by atoms with Crippen LogP contribution in [0.2, 0.25) is 19.6 Å². The Morgan fingerprint density at radius 1 is 0.957 bits per heavy atom. The van der Waals surface area contributed by atoms with Gasteiger partial charge in [-0.3, -0.25) is 4.79 Å². The van der Waals surface area contributed by atoms with Crippen LogP contribution in [-0.2, 0) is 0 Å². The second-order valence-electron chi connectivity index (χ2n) is 6.17. The molecule has 2 aromatic carbocycles. The second kappa shape index (κ2) is 7.00. The topological polar surface area (TPSA) is 37.3 Å². The third kappa shape index (κ3) is 5.18. The van der Waals surface area contributed by atoms with Crippen molar-refractivity contribution in [3.05, 3.63) is 65.2 Å². The van der Waals surface area contributed by atoms with Crippen molar-refractivity contribution >= 4 is 13.9 Å². The van der Waals surface area contributed by atoms with Gasteiger partial charge in [0.15, 0.2) is 0 Å². The van der Waals surface area contributed by atoms with E-state index in [9.17, 15) is 9.90 Å². The van der Waals surface area contributed by atoms with E-state index in [1.807, 2.05) is 18.2 Å². The number of Topliss-reactive ketones (excluding diaryl/α,β-unsaturated/α-hetero) is 1. The number of phenolic OH excluding ortho intramolecular Hbond substituents is 1. The van der Waals surface area contributed by atoms with E-state index in [2.05, 4.69) is 42.9 Å². The summed E-state index contributed by atoms with van der Waals surface area (Å²) < 4.78 is 0. The van der Waals surface area contributed by atoms with Gasteiger partial charge in [0.2, 0.25) is 5.78 Å². The number of carbonyl (C=O) groups is 1. The highest BCUT2D eigenvalue weighted by Gasteiger charge is 2.11. The Balaban J connectivity index is 2.33. The van der Waals surface area contributed by atoms with Crippen molar-refractivity contribution in [2.24, 2.45) is 0 Å². The minimum atomic E-state index is -1.59. The molecule has 2 rings (SSSR count). The van der Waals surface area contributed by atoms with Gasteiger partial charge in [0.1, 0.15) is 13.8 Å². The Morgan fingerprint density at radius 3 is 2.26 bits per heavy atom. The molecule has 0 aliphatic carbocycles. The van der Waals surface area contributed by atoms with Crippen LogP contribution in [0.5, 0.6) is 5.75 Å². The van der Waals surface area contributed by atoms with Gasteiger partial charge in [-0.15, -0.1) is 5.54 Å². The zero-order chi connectivity index (χ0) is 16.9. The number of ketones is 1. The van der Waals surface area contributed by atoms with Crippen LogP contribution in [0.25, 0.3) is 0 Å². The highest BCUT2D eigenvalue weighted by Crippen LogP contribution is 2.11. The average Bonchev–Trinajstić information content (AvgIpc) is 2.52. The Morgan fingerprint density at radius 2 is 1.61 bits per heavy atom. The highest BCUT2D eigenvalue weighted by atomic mass is 28.3. The van der Waals surface area contributed by atoms with Crippen LogP contribution in [-0.4, -0.2) is 19.0 Å². The highest BCUT2D eigenvalue weighted by molar-refractivity contribution is 6.84. The lowest BCUT2D eigenvalue weighted by Gasteiger charge is -2.03. The molecule has 3 heteroatoms. The molecule has 0 saturated heterocycles. The first kappa shape index (κ1) is 16.6. The molecule has 23 heavy (non-hydrogen) atoms. The number of rotatable bonds is 1. The van der Waals surface area contributed by atoms with E-state index in [4.69, 9.17) is 0 Å². The Kier molecular flexibility index (Phi) is 5.06. The fourth-order valence-electron chi connectivity index (χ4n) is 1.79. The lowest BCUT2D eigenvalue weighted by atomic mass is 10.0. The van der Waals surface area contributed by atoms with Crippen molar-refractivity contribution in [2.75, 3.05) is 0 Å². The first-order valence-corrected chi connectivity index (χ1v) is 10.8. The van der Waals surface area contributed by atoms with Crippen LogP contribution >= 0.6 is 0 Å². The third-order valence-corrected chi connectivity index (χ3v) is 3.81. The third-order valence-electron chi connectivity index (χ3n) is 2.93. The molecule has 1 N–H and O–H groups in total. The molecule has 0 spiro atoms. The van der Waals surface area contributed by atoms with Crippen LogP contribution in [0.1, 0.15) is 21.5 Å². The zero-order valence-electron chi connectivity index (χ0n) is 13.5. The molecular weight excluding hydrogens is 300 g/mol. The molecular formula is C20H18O2Si. The smallest absolute Gasteiger partial charge is 0.236 e. The van der Waals surface area contributed by atoms with E-state index in [1.54, 1.807) is 30.3 Å². The first-order valence-electron chi connectivity index (χ1n) is 7.33. The number of hydrogen-bond donors (Lipinski definition) is 1. The van der Waals surface area contributed by atoms with Crippen molar-refractivity contribution in [3.8, 4) is 29.1 Å². The summed E-state index contributed by atoms with van der Waals surface area (Å²) in [5, 5.41) is 9.28. The van der Waals surface area contributed by atoms with Crippen LogP contribution in [0.3, 0.4) is 0 Å². The Bertz CT molecular complexity index is 835. The van der Waals surface area contributed by atoms with E-state index in [0.717, 1.165) is 5.56 Å². The van der Waals surface area contributed by atoms with E-state index in [1.165, 1.54) is 0 Å². The molecule has 0 fully saturated rings. The number of benzene rings is 2. The monoisotopic (exact) mass is 318 g/mol. The van der Waals surface area contributed by atoms with Gasteiger partial charge in [0.05, 0.1) is 0 Å². The SMILES string of the molecule is C[Si](C)(C)C#CC(=O)c1ccccc1C#Cc1ccc(O)cc1. The van der Waals surface area contributed by atoms with Crippen molar-refractivity contribution in [1.29, 1.82) is 0 Å². The van der Waals surface area contributed by atoms with Gasteiger partial charge in [0.25, 0.3) is 0 Å². The van der Waals surface area contributed by atoms with E-state index >= 15 is 0 Å². The minimum absolute atomic E-state index is 0.192. The van der Waals surface area contributed by atoms with Crippen LogP contribution in [0, 0.1) is 23.3 Å². The number of aromatic hydroxyl groups is 1. The molecule has 0 atom stereocenters. The Hall–Kier alpha value is -2.75. The zero-order valence-corrected chi connectivity index (χ0v) is 14.5. The summed E-state index contributed by atoms with van der Waals surface area (Å²) in [7, 11) is -1.59. The predicted octanol–water partition coefficient (Wildman–Crippen LogP) is 3.86. The summed E-state index contributed by atoms with van der Waals surface area (Å²) in [4.78, 5) is 12.3. The molecule has 0 radical (unpaired) electrons. The molecule has 2 aromatic rings. The summed E-state index contributed by atoms with van der Waals surface area (Å²) in [5.41, 5.74) is 5.06. The number of carbonyl (C=O) groups excluding carboxylic acids is 1. The summed E-state index contributed by atoms with van der Waals surface area (Å²) >= 11 is 0. The average molecular weight is 318 g/mol. The van der Waals surface area contributed by atoms with Gasteiger partial charge in [-0.1, -0.05) is 43.6 Å². The maximum atomic E-state index is 12.3. The van der Waals surface area contributed by atoms with Crippen LogP contribution < -0.4 is 0 Å². The molecule has 0 unspecified atom stereocenters. The molecule has 0 aliphatic rings.